The zero-order valence-electron chi connectivity index (χ0n) is 14.8. The molecule has 1 aliphatic rings. The van der Waals surface area contributed by atoms with Crippen molar-refractivity contribution < 1.29 is 14.3 Å². The first-order valence-electron chi connectivity index (χ1n) is 8.46. The predicted octanol–water partition coefficient (Wildman–Crippen LogP) is 1.41. The number of hydrogen-bond acceptors (Lipinski definition) is 6. The van der Waals surface area contributed by atoms with E-state index in [-0.39, 0.29) is 22.8 Å². The van der Waals surface area contributed by atoms with Crippen molar-refractivity contribution in [3.63, 3.8) is 0 Å². The summed E-state index contributed by atoms with van der Waals surface area (Å²) in [5.74, 6) is -0.713. The quantitative estimate of drug-likeness (QED) is 0.341. The van der Waals surface area contributed by atoms with Crippen molar-refractivity contribution >= 4 is 40.2 Å². The van der Waals surface area contributed by atoms with Gasteiger partial charge in [0.05, 0.1) is 23.5 Å². The molecule has 0 radical (unpaired) electrons. The number of ether oxygens (including phenoxy) is 1. The summed E-state index contributed by atoms with van der Waals surface area (Å²) in [6.07, 6.45) is 2.29. The van der Waals surface area contributed by atoms with Gasteiger partial charge in [0.1, 0.15) is 0 Å². The third-order valence-electron chi connectivity index (χ3n) is 3.80. The van der Waals surface area contributed by atoms with E-state index in [2.05, 4.69) is 10.2 Å². The van der Waals surface area contributed by atoms with E-state index in [1.165, 1.54) is 6.08 Å². The third-order valence-corrected chi connectivity index (χ3v) is 4.89. The average molecular weight is 411 g/mol. The van der Waals surface area contributed by atoms with Gasteiger partial charge in [0.2, 0.25) is 11.8 Å². The highest BCUT2D eigenvalue weighted by atomic mass is 35.5. The molecule has 1 aromatic rings. The molecule has 0 bridgehead atoms. The van der Waals surface area contributed by atoms with Gasteiger partial charge in [0.15, 0.2) is 0 Å². The van der Waals surface area contributed by atoms with Crippen LogP contribution < -0.4 is 11.1 Å². The fourth-order valence-electron chi connectivity index (χ4n) is 2.57. The first-order chi connectivity index (χ1) is 12.9. The predicted molar refractivity (Wildman–Crippen MR) is 108 cm³/mol. The number of morpholine rings is 1. The molecule has 1 saturated heterocycles. The van der Waals surface area contributed by atoms with E-state index < -0.39 is 5.91 Å². The monoisotopic (exact) mass is 410 g/mol. The SMILES string of the molecule is N=C(C=CC(N)=O)SCC(=O)NCC1CN(Cc2cccc(Cl)c2)CCO1. The molecule has 1 heterocycles. The second kappa shape index (κ2) is 11.1. The van der Waals surface area contributed by atoms with Crippen LogP contribution in [-0.4, -0.2) is 59.9 Å². The Bertz CT molecular complexity index is 714. The summed E-state index contributed by atoms with van der Waals surface area (Å²) in [5, 5.41) is 11.2. The highest BCUT2D eigenvalue weighted by molar-refractivity contribution is 8.14. The van der Waals surface area contributed by atoms with Gasteiger partial charge in [-0.1, -0.05) is 35.5 Å². The number of primary amides is 1. The summed E-state index contributed by atoms with van der Waals surface area (Å²) < 4.78 is 5.72. The van der Waals surface area contributed by atoms with Crippen molar-refractivity contribution in [2.45, 2.75) is 12.6 Å². The van der Waals surface area contributed by atoms with E-state index in [0.29, 0.717) is 13.2 Å². The molecule has 0 aromatic heterocycles. The van der Waals surface area contributed by atoms with Crippen LogP contribution in [0.15, 0.2) is 36.4 Å². The lowest BCUT2D eigenvalue weighted by Gasteiger charge is -2.33. The summed E-state index contributed by atoms with van der Waals surface area (Å²) in [6.45, 7) is 3.36. The number of carbonyl (C=O) groups excluding carboxylic acids is 2. The average Bonchev–Trinajstić information content (AvgIpc) is 2.63. The summed E-state index contributed by atoms with van der Waals surface area (Å²) in [4.78, 5) is 24.8. The molecule has 0 aliphatic carbocycles. The van der Waals surface area contributed by atoms with Crippen molar-refractivity contribution in [1.82, 2.24) is 10.2 Å². The highest BCUT2D eigenvalue weighted by Crippen LogP contribution is 2.14. The number of rotatable bonds is 8. The molecular formula is C18H23ClN4O3S. The Morgan fingerprint density at radius 3 is 3.00 bits per heavy atom. The molecule has 1 unspecified atom stereocenters. The Hall–Kier alpha value is -1.87. The number of nitrogens with one attached hydrogen (secondary N) is 2. The molecule has 4 N–H and O–H groups in total. The fourth-order valence-corrected chi connectivity index (χ4v) is 3.33. The number of benzene rings is 1. The van der Waals surface area contributed by atoms with Gasteiger partial charge in [-0.25, -0.2) is 0 Å². The highest BCUT2D eigenvalue weighted by Gasteiger charge is 2.21. The smallest absolute Gasteiger partial charge is 0.241 e. The van der Waals surface area contributed by atoms with Crippen LogP contribution in [0.25, 0.3) is 0 Å². The van der Waals surface area contributed by atoms with Crippen molar-refractivity contribution in [3.05, 3.63) is 47.0 Å². The van der Waals surface area contributed by atoms with Crippen molar-refractivity contribution in [2.75, 3.05) is 32.0 Å². The first-order valence-corrected chi connectivity index (χ1v) is 9.82. The van der Waals surface area contributed by atoms with Gasteiger partial charge in [-0.15, -0.1) is 0 Å². The van der Waals surface area contributed by atoms with Gasteiger partial charge in [-0.05, 0) is 23.8 Å². The Labute approximate surface area is 167 Å². The standard InChI is InChI=1S/C18H23ClN4O3S/c19-14-3-1-2-13(8-14)10-23-6-7-26-15(11-23)9-22-18(25)12-27-17(21)5-4-16(20)24/h1-5,8,15,21H,6-7,9-12H2,(H2,20,24)(H,22,25). The Kier molecular flexibility index (Phi) is 8.80. The molecule has 2 amide bonds. The van der Waals surface area contributed by atoms with Gasteiger partial charge in [0, 0.05) is 37.3 Å². The first kappa shape index (κ1) is 21.4. The molecule has 0 saturated carbocycles. The molecule has 0 spiro atoms. The van der Waals surface area contributed by atoms with Crippen LogP contribution in [0.3, 0.4) is 0 Å². The van der Waals surface area contributed by atoms with Gasteiger partial charge in [-0.3, -0.25) is 19.9 Å². The van der Waals surface area contributed by atoms with Gasteiger partial charge < -0.3 is 15.8 Å². The second-order valence-corrected chi connectivity index (χ2v) is 7.50. The van der Waals surface area contributed by atoms with Crippen LogP contribution in [0, 0.1) is 5.41 Å². The van der Waals surface area contributed by atoms with E-state index in [0.717, 1.165) is 48.1 Å². The maximum Gasteiger partial charge on any atom is 0.241 e. The number of nitrogens with zero attached hydrogens (tertiary/aromatic N) is 1. The Morgan fingerprint density at radius 1 is 1.44 bits per heavy atom. The lowest BCUT2D eigenvalue weighted by molar-refractivity contribution is -0.119. The zero-order valence-corrected chi connectivity index (χ0v) is 16.4. The second-order valence-electron chi connectivity index (χ2n) is 6.05. The molecule has 7 nitrogen and oxygen atoms in total. The van der Waals surface area contributed by atoms with Crippen LogP contribution in [0.1, 0.15) is 5.56 Å². The molecular weight excluding hydrogens is 388 g/mol. The van der Waals surface area contributed by atoms with Crippen LogP contribution in [0.2, 0.25) is 5.02 Å². The number of thioether (sulfide) groups is 1. The summed E-state index contributed by atoms with van der Waals surface area (Å²) in [7, 11) is 0. The molecule has 1 atom stereocenters. The molecule has 27 heavy (non-hydrogen) atoms. The van der Waals surface area contributed by atoms with Gasteiger partial charge in [0.25, 0.3) is 0 Å². The third kappa shape index (κ3) is 8.57. The maximum atomic E-state index is 11.9. The molecule has 1 aliphatic heterocycles. The van der Waals surface area contributed by atoms with E-state index in [1.54, 1.807) is 0 Å². The van der Waals surface area contributed by atoms with Gasteiger partial charge >= 0.3 is 0 Å². The number of amides is 2. The van der Waals surface area contributed by atoms with Crippen molar-refractivity contribution in [3.8, 4) is 0 Å². The minimum atomic E-state index is -0.624. The molecule has 1 aromatic carbocycles. The summed E-state index contributed by atoms with van der Waals surface area (Å²) in [6, 6.07) is 7.78. The van der Waals surface area contributed by atoms with E-state index in [9.17, 15) is 9.59 Å². The molecule has 9 heteroatoms. The van der Waals surface area contributed by atoms with Gasteiger partial charge in [-0.2, -0.15) is 0 Å². The number of nitrogens with two attached hydrogens (primary N) is 1. The normalized spacial score (nSPS) is 17.7. The lowest BCUT2D eigenvalue weighted by atomic mass is 10.2. The molecule has 2 rings (SSSR count). The van der Waals surface area contributed by atoms with E-state index >= 15 is 0 Å². The number of halogens is 1. The van der Waals surface area contributed by atoms with Crippen LogP contribution in [0.5, 0.6) is 0 Å². The van der Waals surface area contributed by atoms with Crippen LogP contribution in [-0.2, 0) is 20.9 Å². The minimum absolute atomic E-state index is 0.0823. The van der Waals surface area contributed by atoms with Crippen LogP contribution in [0.4, 0.5) is 0 Å². The van der Waals surface area contributed by atoms with E-state index in [1.807, 2.05) is 24.3 Å². The Morgan fingerprint density at radius 2 is 2.26 bits per heavy atom. The number of hydrogen-bond donors (Lipinski definition) is 3. The number of carbonyl (C=O) groups is 2. The molecule has 1 fully saturated rings. The summed E-state index contributed by atoms with van der Waals surface area (Å²) >= 11 is 7.06. The maximum absolute atomic E-state index is 11.9. The largest absolute Gasteiger partial charge is 0.374 e. The van der Waals surface area contributed by atoms with Crippen LogP contribution >= 0.6 is 23.4 Å². The Balaban J connectivity index is 1.70. The zero-order chi connectivity index (χ0) is 19.6. The van der Waals surface area contributed by atoms with Crippen molar-refractivity contribution in [2.24, 2.45) is 5.73 Å². The summed E-state index contributed by atoms with van der Waals surface area (Å²) in [5.41, 5.74) is 6.10. The molecule has 146 valence electrons. The topological polar surface area (TPSA) is 109 Å². The minimum Gasteiger partial charge on any atom is -0.374 e. The van der Waals surface area contributed by atoms with E-state index in [4.69, 9.17) is 27.5 Å². The fraction of sp³-hybridized carbons (Fsp3) is 0.389. The van der Waals surface area contributed by atoms with Crippen molar-refractivity contribution in [1.29, 1.82) is 5.41 Å². The lowest BCUT2D eigenvalue weighted by Crippen LogP contribution is -2.47.